The van der Waals surface area contributed by atoms with Crippen LogP contribution in [0.2, 0.25) is 0 Å². The number of unbranched alkanes of at least 4 members (excludes halogenated alkanes) is 40. The molecule has 3 aromatic rings. The maximum atomic E-state index is 11.6. The van der Waals surface area contributed by atoms with Gasteiger partial charge in [0.15, 0.2) is 0 Å². The van der Waals surface area contributed by atoms with Crippen molar-refractivity contribution in [3.05, 3.63) is 97.1 Å². The second-order valence-electron chi connectivity index (χ2n) is 32.2. The summed E-state index contributed by atoms with van der Waals surface area (Å²) in [6.45, 7) is 29.8. The Morgan fingerprint density at radius 2 is 0.441 bits per heavy atom. The van der Waals surface area contributed by atoms with Crippen molar-refractivity contribution in [3.63, 3.8) is 0 Å². The highest BCUT2D eigenvalue weighted by atomic mass is 31.3. The van der Waals surface area contributed by atoms with Crippen LogP contribution in [0.15, 0.2) is 111 Å². The fourth-order valence-corrected chi connectivity index (χ4v) is 22.6. The molecule has 0 saturated heterocycles. The molecule has 2 aromatic carbocycles. The fraction of sp³-hybridized carbons (Fsp3) is 0.719. The first kappa shape index (κ1) is 115. The lowest BCUT2D eigenvalue weighted by Crippen LogP contribution is -2.09. The van der Waals surface area contributed by atoms with E-state index in [1.54, 1.807) is 52.0 Å². The molecule has 1 aliphatic rings. The van der Waals surface area contributed by atoms with E-state index in [2.05, 4.69) is 41.3 Å². The lowest BCUT2D eigenvalue weighted by atomic mass is 10.1. The number of aromatic nitrogens is 3. The fourth-order valence-electron chi connectivity index (χ4n) is 12.9. The molecule has 1 aromatic heterocycles. The first-order chi connectivity index (χ1) is 61.7. The van der Waals surface area contributed by atoms with Crippen LogP contribution in [0, 0.1) is 0 Å². The van der Waals surface area contributed by atoms with Crippen LogP contribution in [0.4, 0.5) is 0 Å². The molecule has 1 unspecified atom stereocenters. The van der Waals surface area contributed by atoms with Crippen LogP contribution in [-0.2, 0) is 55.8 Å². The highest BCUT2D eigenvalue weighted by Crippen LogP contribution is 2.80. The maximum Gasteiger partial charge on any atom is 0.349 e. The van der Waals surface area contributed by atoms with Crippen molar-refractivity contribution in [2.24, 2.45) is 13.5 Å². The number of hydrogen-bond donors (Lipinski definition) is 3. The van der Waals surface area contributed by atoms with E-state index in [1.165, 1.54) is 141 Å². The van der Waals surface area contributed by atoms with Gasteiger partial charge in [0.1, 0.15) is 23.0 Å². The summed E-state index contributed by atoms with van der Waals surface area (Å²) in [7, 11) is -10.2. The van der Waals surface area contributed by atoms with Crippen LogP contribution in [0.1, 0.15) is 343 Å². The predicted molar refractivity (Wildman–Crippen MR) is 506 cm³/mol. The minimum absolute atomic E-state index is 0.0288. The molecule has 0 saturated carbocycles. The molecule has 127 heavy (non-hydrogen) atoms. The zero-order valence-corrected chi connectivity index (χ0v) is 81.3. The van der Waals surface area contributed by atoms with Crippen LogP contribution in [0.5, 0.6) is 41.0 Å². The molecule has 0 bridgehead atoms. The number of carbonyl (C=O) groups excluding carboxylic acids is 4. The highest BCUT2D eigenvalue weighted by molar-refractivity contribution is 7.78. The smallest absolute Gasteiger partial charge is 0.349 e. The number of hydrogen-bond acceptors (Lipinski definition) is 28. The number of benzene rings is 2. The molecule has 31 heteroatoms. The summed E-state index contributed by atoms with van der Waals surface area (Å²) in [6, 6.07) is 14.8. The van der Waals surface area contributed by atoms with Crippen LogP contribution in [-0.4, -0.2) is 160 Å². The van der Waals surface area contributed by atoms with Gasteiger partial charge >= 0.3 is 64.9 Å². The third kappa shape index (κ3) is 59.6. The Kier molecular flexibility index (Phi) is 68.9. The molecular weight excluding hydrogens is 1680 g/mol. The average molecular weight is 1850 g/mol. The summed E-state index contributed by atoms with van der Waals surface area (Å²) < 4.78 is 103. The van der Waals surface area contributed by atoms with E-state index >= 15 is 0 Å². The SMILES string of the molecule is C=C(C)C(=O)OCCCCCCCCCCCCCOP1(OCCCCCCCCCCCCOC(=O)C(=C)C)=NP(OCC)(OCC)=NP(OCCCO)(OCCCO)=N1.C=C(C)C(=O)Oc1ccc(OCCCCCCCCCCCCCCOc2nc(OCCCO)nc(OCCCCCCCCCCCCCOc3ccc(OC(=O)C(=C)C)cc3)n2)cc1. The van der Waals surface area contributed by atoms with Gasteiger partial charge in [-0.25, -0.2) is 19.2 Å². The summed E-state index contributed by atoms with van der Waals surface area (Å²) in [4.78, 5) is 59.2. The summed E-state index contributed by atoms with van der Waals surface area (Å²) in [6.07, 6.45) is 50.9. The average Bonchev–Trinajstić information content (AvgIpc) is 0.746. The molecule has 1 atom stereocenters. The van der Waals surface area contributed by atoms with Gasteiger partial charge in [0.2, 0.25) is 0 Å². The largest absolute Gasteiger partial charge is 0.494 e. The molecule has 3 N–H and O–H groups in total. The van der Waals surface area contributed by atoms with E-state index in [1.807, 2.05) is 38.1 Å². The standard InChI is InChI=1S/C53H79N3O10.C43H84N3O12P3/c1-43(2)49(58)65-47-33-29-45(30-34-47)60-38-24-20-16-12-8-5-6-9-14-18-22-26-40-62-51-54-52(56-53(55-51)64-42-28-37-57)63-41-27-23-19-15-11-7-10-13-17-21-25-39-61-46-31-35-48(36-32-46)66-50(59)44(3)4;1-7-53-59(54-8-2)44-60(46-61(45-59,57-38-30-32-47)58-39-31-33-48,56-37-29-25-21-17-13-12-15-19-23-27-35-52-43(50)41(5)6)55-36-28-24-20-16-11-9-10-14-18-22-26-34-51-42(49)40(3)4/h29-36,57H,1,3,5-28,37-42H2,2,4H3;47-48H,3,5,7-39H2,1-2,4,6H3. The minimum Gasteiger partial charge on any atom is -0.494 e. The second kappa shape index (κ2) is 76.2. The topological polar surface area (TPSA) is 343 Å². The zero-order valence-electron chi connectivity index (χ0n) is 78.6. The van der Waals surface area contributed by atoms with Crippen molar-refractivity contribution in [3.8, 4) is 41.0 Å². The van der Waals surface area contributed by atoms with E-state index in [0.29, 0.717) is 113 Å². The summed E-state index contributed by atoms with van der Waals surface area (Å²) in [5, 5.41) is 28.3. The summed E-state index contributed by atoms with van der Waals surface area (Å²) in [5.41, 5.74) is 1.62. The molecule has 0 amide bonds. The van der Waals surface area contributed by atoms with Crippen molar-refractivity contribution < 1.29 is 104 Å². The molecule has 0 radical (unpaired) electrons. The molecule has 724 valence electrons. The van der Waals surface area contributed by atoms with Gasteiger partial charge in [0.25, 0.3) is 0 Å². The molecule has 4 rings (SSSR count). The van der Waals surface area contributed by atoms with Gasteiger partial charge in [-0.1, -0.05) is 257 Å². The number of carbonyl (C=O) groups is 4. The van der Waals surface area contributed by atoms with Gasteiger partial charge in [-0.15, -0.1) is 28.5 Å². The number of nitrogens with zero attached hydrogens (tertiary/aromatic N) is 6. The highest BCUT2D eigenvalue weighted by Gasteiger charge is 2.43. The Morgan fingerprint density at radius 3 is 0.677 bits per heavy atom. The quantitative estimate of drug-likeness (QED) is 0.0155. The van der Waals surface area contributed by atoms with Crippen molar-refractivity contribution in [1.82, 2.24) is 15.0 Å². The van der Waals surface area contributed by atoms with Crippen molar-refractivity contribution in [1.29, 1.82) is 0 Å². The minimum atomic E-state index is -3.46. The number of ether oxygens (including phenoxy) is 9. The summed E-state index contributed by atoms with van der Waals surface area (Å²) >= 11 is 0. The van der Waals surface area contributed by atoms with Crippen LogP contribution in [0.3, 0.4) is 0 Å². The van der Waals surface area contributed by atoms with Crippen LogP contribution < -0.4 is 33.2 Å². The molecule has 2 heterocycles. The zero-order chi connectivity index (χ0) is 92.2. The van der Waals surface area contributed by atoms with Gasteiger partial charge in [0, 0.05) is 48.5 Å². The van der Waals surface area contributed by atoms with Gasteiger partial charge in [0.05, 0.1) is 85.9 Å². The van der Waals surface area contributed by atoms with E-state index in [-0.39, 0.29) is 76.2 Å². The predicted octanol–water partition coefficient (Wildman–Crippen LogP) is 25.7. The normalized spacial score (nSPS) is 13.6. The Hall–Kier alpha value is -6.38. The monoisotopic (exact) mass is 1850 g/mol. The molecule has 0 spiro atoms. The molecule has 28 nitrogen and oxygen atoms in total. The van der Waals surface area contributed by atoms with Crippen LogP contribution in [0.25, 0.3) is 0 Å². The Morgan fingerprint density at radius 1 is 0.252 bits per heavy atom. The van der Waals surface area contributed by atoms with Gasteiger partial charge < -0.3 is 85.1 Å². The van der Waals surface area contributed by atoms with E-state index < -0.39 is 34.9 Å². The van der Waals surface area contributed by atoms with Crippen molar-refractivity contribution >= 4 is 46.9 Å². The second-order valence-corrected chi connectivity index (χ2v) is 38.9. The molecule has 1 aliphatic heterocycles. The van der Waals surface area contributed by atoms with E-state index in [9.17, 15) is 29.4 Å². The maximum absolute atomic E-state index is 11.6. The Balaban J connectivity index is 0.000000658. The molecular formula is C96H163N6O22P3. The lowest BCUT2D eigenvalue weighted by molar-refractivity contribution is -0.139. The molecule has 0 aliphatic carbocycles. The van der Waals surface area contributed by atoms with Gasteiger partial charge in [-0.05, 0) is 154 Å². The third-order valence-electron chi connectivity index (χ3n) is 20.1. The summed E-state index contributed by atoms with van der Waals surface area (Å²) in [5.74, 6) is 1.05. The number of aliphatic hydroxyl groups is 3. The third-order valence-corrected chi connectivity index (χ3v) is 28.8. The van der Waals surface area contributed by atoms with Gasteiger partial charge in [-0.3, -0.25) is 0 Å². The molecule has 0 fully saturated rings. The lowest BCUT2D eigenvalue weighted by Gasteiger charge is -2.33. The van der Waals surface area contributed by atoms with Gasteiger partial charge in [-0.2, -0.15) is 0 Å². The Labute approximate surface area is 762 Å². The van der Waals surface area contributed by atoms with Crippen LogP contribution >= 0.6 is 23.0 Å². The Bertz CT molecular complexity index is 3590. The van der Waals surface area contributed by atoms with E-state index in [4.69, 9.17) is 88.4 Å². The van der Waals surface area contributed by atoms with Crippen molar-refractivity contribution in [2.45, 2.75) is 343 Å². The number of rotatable bonds is 84. The van der Waals surface area contributed by atoms with E-state index in [0.717, 1.165) is 153 Å². The number of esters is 4. The van der Waals surface area contributed by atoms with Crippen molar-refractivity contribution in [2.75, 3.05) is 106 Å². The first-order valence-corrected chi connectivity index (χ1v) is 52.5. The first-order valence-electron chi connectivity index (χ1n) is 47.9. The number of aliphatic hydroxyl groups excluding tert-OH is 3.